The van der Waals surface area contributed by atoms with Gasteiger partial charge in [0.05, 0.1) is 10.1 Å². The van der Waals surface area contributed by atoms with Crippen LogP contribution in [0.1, 0.15) is 13.3 Å². The summed E-state index contributed by atoms with van der Waals surface area (Å²) < 4.78 is 24.8. The number of allylic oxidation sites excluding steroid dienone is 1. The minimum absolute atomic E-state index is 0.215. The van der Waals surface area contributed by atoms with Crippen molar-refractivity contribution in [3.63, 3.8) is 0 Å². The second-order valence-corrected chi connectivity index (χ2v) is 6.13. The molecule has 1 rings (SSSR count). The first-order valence-corrected chi connectivity index (χ1v) is 7.33. The Labute approximate surface area is 113 Å². The number of rotatable bonds is 6. The van der Waals surface area contributed by atoms with Gasteiger partial charge >= 0.3 is 5.97 Å². The van der Waals surface area contributed by atoms with Crippen LogP contribution in [0.3, 0.4) is 0 Å². The lowest BCUT2D eigenvalue weighted by molar-refractivity contribution is -0.131. The van der Waals surface area contributed by atoms with Gasteiger partial charge < -0.3 is 5.11 Å². The zero-order valence-corrected chi connectivity index (χ0v) is 11.4. The molecule has 1 unspecified atom stereocenters. The number of carbonyl (C=O) groups is 1. The molecule has 1 atom stereocenters. The van der Waals surface area contributed by atoms with E-state index in [0.717, 1.165) is 6.08 Å². The predicted molar refractivity (Wildman–Crippen MR) is 73.6 cm³/mol. The Balaban J connectivity index is 3.10. The summed E-state index contributed by atoms with van der Waals surface area (Å²) in [7, 11) is -3.54. The smallest absolute Gasteiger partial charge is 0.328 e. The van der Waals surface area contributed by atoms with E-state index in [0.29, 0.717) is 6.42 Å². The van der Waals surface area contributed by atoms with E-state index in [1.165, 1.54) is 18.2 Å². The normalized spacial score (nSPS) is 13.3. The molecule has 0 aromatic heterocycles. The number of carboxylic acid groups (broad SMARTS) is 1. The quantitative estimate of drug-likeness (QED) is 0.641. The van der Waals surface area contributed by atoms with E-state index in [1.54, 1.807) is 25.1 Å². The molecule has 0 amide bonds. The molecule has 0 heterocycles. The average molecular weight is 280 g/mol. The second-order valence-electron chi connectivity index (χ2n) is 4.00. The third-order valence-electron chi connectivity index (χ3n) is 2.67. The summed E-state index contributed by atoms with van der Waals surface area (Å²) in [6, 6.07) is 8.07. The maximum Gasteiger partial charge on any atom is 0.328 e. The van der Waals surface area contributed by atoms with E-state index >= 15 is 0 Å². The zero-order chi connectivity index (χ0) is 14.5. The third-order valence-corrected chi connectivity index (χ3v) is 4.99. The fourth-order valence-electron chi connectivity index (χ4n) is 1.74. The lowest BCUT2D eigenvalue weighted by Crippen LogP contribution is -2.22. The molecule has 0 aliphatic carbocycles. The highest BCUT2D eigenvalue weighted by molar-refractivity contribution is 7.92. The molecule has 1 N–H and O–H groups in total. The lowest BCUT2D eigenvalue weighted by atomic mass is 10.1. The van der Waals surface area contributed by atoms with Crippen molar-refractivity contribution in [2.45, 2.75) is 23.5 Å². The van der Waals surface area contributed by atoms with Gasteiger partial charge in [-0.15, -0.1) is 0 Å². The predicted octanol–water partition coefficient (Wildman–Crippen LogP) is 2.44. The van der Waals surface area contributed by atoms with Crippen molar-refractivity contribution in [3.8, 4) is 0 Å². The van der Waals surface area contributed by atoms with Crippen LogP contribution >= 0.6 is 0 Å². The van der Waals surface area contributed by atoms with Gasteiger partial charge in [-0.2, -0.15) is 0 Å². The molecule has 0 fully saturated rings. The van der Waals surface area contributed by atoms with E-state index in [9.17, 15) is 13.2 Å². The topological polar surface area (TPSA) is 71.4 Å². The molecule has 0 bridgehead atoms. The van der Waals surface area contributed by atoms with E-state index in [1.807, 2.05) is 0 Å². The van der Waals surface area contributed by atoms with Gasteiger partial charge in [0.1, 0.15) is 0 Å². The molecule has 0 saturated heterocycles. The first-order valence-electron chi connectivity index (χ1n) is 5.78. The van der Waals surface area contributed by atoms with Crippen molar-refractivity contribution in [2.24, 2.45) is 0 Å². The van der Waals surface area contributed by atoms with Gasteiger partial charge in [0.2, 0.25) is 0 Å². The van der Waals surface area contributed by atoms with Crippen molar-refractivity contribution in [2.75, 3.05) is 0 Å². The molecule has 4 nitrogen and oxygen atoms in total. The molecule has 1 aromatic carbocycles. The molecular weight excluding hydrogens is 264 g/mol. The first kappa shape index (κ1) is 15.2. The van der Waals surface area contributed by atoms with Crippen LogP contribution in [0.5, 0.6) is 0 Å². The van der Waals surface area contributed by atoms with E-state index in [2.05, 4.69) is 6.58 Å². The number of aliphatic carboxylic acids is 1. The standard InChI is InChI=1S/C14H16O4S/c1-3-13(11(2)9-10-14(15)16)19(17,18)12-7-5-4-6-8-12/h4-10,13H,2-3H2,1H3,(H,15,16)/b10-9+. The number of benzene rings is 1. The number of carboxylic acids is 1. The molecule has 0 saturated carbocycles. The van der Waals surface area contributed by atoms with Crippen LogP contribution in [0, 0.1) is 0 Å². The molecule has 0 spiro atoms. The zero-order valence-electron chi connectivity index (χ0n) is 10.6. The van der Waals surface area contributed by atoms with Crippen LogP contribution in [-0.4, -0.2) is 24.7 Å². The van der Waals surface area contributed by atoms with Gasteiger partial charge in [-0.3, -0.25) is 0 Å². The SMILES string of the molecule is C=C(/C=C/C(=O)O)C(CC)S(=O)(=O)c1ccccc1. The summed E-state index contributed by atoms with van der Waals surface area (Å²) in [6.07, 6.45) is 2.46. The highest BCUT2D eigenvalue weighted by Gasteiger charge is 2.27. The number of hydrogen-bond donors (Lipinski definition) is 1. The van der Waals surface area contributed by atoms with Gasteiger partial charge in [-0.05, 0) is 24.1 Å². The first-order chi connectivity index (χ1) is 8.89. The molecule has 1 aromatic rings. The average Bonchev–Trinajstić information content (AvgIpc) is 2.38. The fourth-order valence-corrected chi connectivity index (χ4v) is 3.52. The van der Waals surface area contributed by atoms with Gasteiger partial charge in [-0.1, -0.05) is 37.8 Å². The molecule has 19 heavy (non-hydrogen) atoms. The Kier molecular flexibility index (Phi) is 5.06. The van der Waals surface area contributed by atoms with Crippen molar-refractivity contribution in [1.82, 2.24) is 0 Å². The summed E-state index contributed by atoms with van der Waals surface area (Å²) in [5, 5.41) is 7.74. The van der Waals surface area contributed by atoms with Crippen molar-refractivity contribution >= 4 is 15.8 Å². The molecule has 5 heteroatoms. The van der Waals surface area contributed by atoms with E-state index in [-0.39, 0.29) is 10.5 Å². The molecule has 0 radical (unpaired) electrons. The van der Waals surface area contributed by atoms with Gasteiger partial charge in [0, 0.05) is 6.08 Å². The number of sulfone groups is 1. The Morgan fingerprint density at radius 1 is 1.32 bits per heavy atom. The maximum atomic E-state index is 12.4. The highest BCUT2D eigenvalue weighted by Crippen LogP contribution is 2.23. The van der Waals surface area contributed by atoms with Crippen LogP contribution in [0.4, 0.5) is 0 Å². The minimum atomic E-state index is -3.54. The van der Waals surface area contributed by atoms with Crippen LogP contribution in [0.2, 0.25) is 0 Å². The van der Waals surface area contributed by atoms with Crippen LogP contribution in [0.25, 0.3) is 0 Å². The van der Waals surface area contributed by atoms with Crippen LogP contribution in [-0.2, 0) is 14.6 Å². The summed E-state index contributed by atoms with van der Waals surface area (Å²) in [6.45, 7) is 5.39. The van der Waals surface area contributed by atoms with Crippen molar-refractivity contribution in [1.29, 1.82) is 0 Å². The van der Waals surface area contributed by atoms with Gasteiger partial charge in [0.15, 0.2) is 9.84 Å². The second kappa shape index (κ2) is 6.33. The minimum Gasteiger partial charge on any atom is -0.478 e. The summed E-state index contributed by atoms with van der Waals surface area (Å²) >= 11 is 0. The Hall–Kier alpha value is -1.88. The van der Waals surface area contributed by atoms with Crippen molar-refractivity contribution in [3.05, 3.63) is 54.6 Å². The largest absolute Gasteiger partial charge is 0.478 e. The summed E-state index contributed by atoms with van der Waals surface area (Å²) in [5.41, 5.74) is 0.272. The van der Waals surface area contributed by atoms with Crippen molar-refractivity contribution < 1.29 is 18.3 Å². The highest BCUT2D eigenvalue weighted by atomic mass is 32.2. The van der Waals surface area contributed by atoms with Gasteiger partial charge in [0.25, 0.3) is 0 Å². The number of hydrogen-bond acceptors (Lipinski definition) is 3. The third kappa shape index (κ3) is 3.79. The Bertz CT molecular complexity index is 585. The molecule has 102 valence electrons. The molecular formula is C14H16O4S. The van der Waals surface area contributed by atoms with E-state index < -0.39 is 21.1 Å². The van der Waals surface area contributed by atoms with Crippen LogP contribution < -0.4 is 0 Å². The molecule has 0 aliphatic rings. The lowest BCUT2D eigenvalue weighted by Gasteiger charge is -2.16. The Morgan fingerprint density at radius 3 is 2.37 bits per heavy atom. The van der Waals surface area contributed by atoms with Gasteiger partial charge in [-0.25, -0.2) is 13.2 Å². The monoisotopic (exact) mass is 280 g/mol. The maximum absolute atomic E-state index is 12.4. The summed E-state index contributed by atoms with van der Waals surface area (Å²) in [4.78, 5) is 10.7. The van der Waals surface area contributed by atoms with Crippen LogP contribution in [0.15, 0.2) is 59.5 Å². The summed E-state index contributed by atoms with van der Waals surface area (Å²) in [5.74, 6) is -1.13. The van der Waals surface area contributed by atoms with E-state index in [4.69, 9.17) is 5.11 Å². The fraction of sp³-hybridized carbons (Fsp3) is 0.214. The molecule has 0 aliphatic heterocycles. The Morgan fingerprint density at radius 2 is 1.89 bits per heavy atom.